The molecule has 2 N–H and O–H groups in total. The van der Waals surface area contributed by atoms with Crippen LogP contribution in [0.1, 0.15) is 46.0 Å². The average Bonchev–Trinajstić information content (AvgIpc) is 2.80. The molecule has 1 fully saturated rings. The van der Waals surface area contributed by atoms with Gasteiger partial charge in [-0.3, -0.25) is 0 Å². The molecule has 0 saturated carbocycles. The van der Waals surface area contributed by atoms with Gasteiger partial charge in [0, 0.05) is 18.9 Å². The molecule has 186 valence electrons. The van der Waals surface area contributed by atoms with Gasteiger partial charge in [0.15, 0.2) is 6.10 Å². The number of allylic oxidation sites excluding steroid dienone is 2. The molecule has 0 aromatic heterocycles. The monoisotopic (exact) mass is 490 g/mol. The Kier molecular flexibility index (Phi) is 8.35. The minimum absolute atomic E-state index is 0.00613. The molecule has 0 amide bonds. The van der Waals surface area contributed by atoms with Gasteiger partial charge in [-0.2, -0.15) is 0 Å². The van der Waals surface area contributed by atoms with Crippen LogP contribution in [0.15, 0.2) is 48.1 Å². The molecule has 8 atom stereocenters. The van der Waals surface area contributed by atoms with E-state index in [1.165, 1.54) is 0 Å². The molecule has 2 aliphatic carbocycles. The summed E-state index contributed by atoms with van der Waals surface area (Å²) in [5.74, 6) is 0.485. The first-order valence-corrected chi connectivity index (χ1v) is 12.7. The molecule has 0 bridgehead atoms. The molecule has 1 heterocycles. The molecule has 1 aromatic rings. The Balaban J connectivity index is 1.45. The molecule has 1 saturated heterocycles. The van der Waals surface area contributed by atoms with Crippen molar-refractivity contribution < 1.29 is 29.2 Å². The normalized spacial score (nSPS) is 34.0. The zero-order chi connectivity index (χ0) is 24.2. The number of rotatable bonds is 7. The number of esters is 1. The van der Waals surface area contributed by atoms with Crippen molar-refractivity contribution in [1.82, 2.24) is 0 Å². The van der Waals surface area contributed by atoms with E-state index in [4.69, 9.17) is 25.8 Å². The lowest BCUT2D eigenvalue weighted by Crippen LogP contribution is -2.44. The minimum atomic E-state index is -0.835. The Morgan fingerprint density at radius 3 is 2.79 bits per heavy atom. The van der Waals surface area contributed by atoms with E-state index >= 15 is 0 Å². The van der Waals surface area contributed by atoms with E-state index in [0.717, 1.165) is 18.4 Å². The fourth-order valence-electron chi connectivity index (χ4n) is 5.45. The largest absolute Gasteiger partial charge is 0.477 e. The van der Waals surface area contributed by atoms with E-state index < -0.39 is 24.3 Å². The highest BCUT2D eigenvalue weighted by atomic mass is 35.5. The molecule has 34 heavy (non-hydrogen) atoms. The third kappa shape index (κ3) is 6.03. The van der Waals surface area contributed by atoms with Gasteiger partial charge in [-0.15, -0.1) is 0 Å². The lowest BCUT2D eigenvalue weighted by molar-refractivity contribution is -0.162. The van der Waals surface area contributed by atoms with Crippen molar-refractivity contribution in [3.63, 3.8) is 0 Å². The fourth-order valence-corrected chi connectivity index (χ4v) is 5.63. The summed E-state index contributed by atoms with van der Waals surface area (Å²) < 4.78 is 17.6. The highest BCUT2D eigenvalue weighted by Gasteiger charge is 2.42. The average molecular weight is 491 g/mol. The van der Waals surface area contributed by atoms with Crippen molar-refractivity contribution in [2.75, 3.05) is 6.61 Å². The molecule has 1 aromatic carbocycles. The Morgan fingerprint density at radius 2 is 2.03 bits per heavy atom. The van der Waals surface area contributed by atoms with Gasteiger partial charge >= 0.3 is 5.97 Å². The van der Waals surface area contributed by atoms with Crippen molar-refractivity contribution in [3.8, 4) is 5.75 Å². The van der Waals surface area contributed by atoms with E-state index in [1.807, 2.05) is 6.08 Å². The molecule has 4 rings (SSSR count). The van der Waals surface area contributed by atoms with Crippen LogP contribution in [-0.2, 0) is 14.3 Å². The summed E-state index contributed by atoms with van der Waals surface area (Å²) in [5, 5.41) is 20.9. The maximum atomic E-state index is 13.0. The number of carbonyl (C=O) groups is 1. The van der Waals surface area contributed by atoms with Crippen LogP contribution in [0.3, 0.4) is 0 Å². The zero-order valence-corrected chi connectivity index (χ0v) is 20.6. The van der Waals surface area contributed by atoms with Gasteiger partial charge in [0.2, 0.25) is 0 Å². The van der Waals surface area contributed by atoms with Crippen LogP contribution in [0.4, 0.5) is 0 Å². The third-order valence-electron chi connectivity index (χ3n) is 7.27. The Bertz CT molecular complexity index is 914. The second-order valence-corrected chi connectivity index (χ2v) is 10.2. The topological polar surface area (TPSA) is 85.2 Å². The molecule has 0 spiro atoms. The number of aliphatic hydroxyl groups excluding tert-OH is 2. The number of halogens is 1. The van der Waals surface area contributed by atoms with Crippen LogP contribution in [0, 0.1) is 17.8 Å². The second kappa shape index (κ2) is 11.3. The van der Waals surface area contributed by atoms with Gasteiger partial charge in [0.1, 0.15) is 11.9 Å². The zero-order valence-electron chi connectivity index (χ0n) is 19.8. The predicted octanol–water partition coefficient (Wildman–Crippen LogP) is 4.47. The maximum absolute atomic E-state index is 13.0. The Labute approximate surface area is 206 Å². The maximum Gasteiger partial charge on any atom is 0.347 e. The Morgan fingerprint density at radius 1 is 1.24 bits per heavy atom. The van der Waals surface area contributed by atoms with Crippen LogP contribution >= 0.6 is 11.6 Å². The summed E-state index contributed by atoms with van der Waals surface area (Å²) in [4.78, 5) is 13.0. The summed E-state index contributed by atoms with van der Waals surface area (Å²) >= 11 is 6.17. The molecular formula is C27H35ClO6. The quantitative estimate of drug-likeness (QED) is 0.548. The number of hydrogen-bond donors (Lipinski definition) is 2. The molecule has 1 unspecified atom stereocenters. The van der Waals surface area contributed by atoms with E-state index in [-0.39, 0.29) is 24.0 Å². The van der Waals surface area contributed by atoms with Gasteiger partial charge in [-0.05, 0) is 62.1 Å². The Hall–Kier alpha value is -1.86. The third-order valence-corrected chi connectivity index (χ3v) is 7.59. The standard InChI is InChI=1S/C27H35ClO6/c1-16-7-8-18-13-20(30)15-25(26(18)22(16)10-9-21-14-19(29)11-12-32-21)34-27(31)17(2)33-24-6-4-3-5-23(24)28/h3-8,13,16-17,19-22,25-26,29-30H,9-12,14-15H2,1-2H3/t16-,17?,19+,20+,21+,22-,25-,26-/m0/s1. The smallest absolute Gasteiger partial charge is 0.347 e. The summed E-state index contributed by atoms with van der Waals surface area (Å²) in [6, 6.07) is 7.01. The summed E-state index contributed by atoms with van der Waals surface area (Å²) in [7, 11) is 0. The van der Waals surface area contributed by atoms with Crippen molar-refractivity contribution in [2.24, 2.45) is 17.8 Å². The van der Waals surface area contributed by atoms with Crippen molar-refractivity contribution in [2.45, 2.75) is 76.5 Å². The van der Waals surface area contributed by atoms with E-state index in [0.29, 0.717) is 42.6 Å². The lowest BCUT2D eigenvalue weighted by atomic mass is 9.66. The van der Waals surface area contributed by atoms with E-state index in [9.17, 15) is 15.0 Å². The highest BCUT2D eigenvalue weighted by Crippen LogP contribution is 2.44. The lowest BCUT2D eigenvalue weighted by Gasteiger charge is -2.43. The second-order valence-electron chi connectivity index (χ2n) is 9.79. The number of para-hydroxylation sites is 1. The number of hydrogen-bond acceptors (Lipinski definition) is 6. The van der Waals surface area contributed by atoms with E-state index in [2.05, 4.69) is 19.1 Å². The first-order valence-electron chi connectivity index (χ1n) is 12.3. The molecule has 1 aliphatic heterocycles. The number of fused-ring (bicyclic) bond motifs is 1. The van der Waals surface area contributed by atoms with Gasteiger partial charge in [-0.1, -0.05) is 48.9 Å². The molecule has 3 aliphatic rings. The fraction of sp³-hybridized carbons (Fsp3) is 0.593. The van der Waals surface area contributed by atoms with Gasteiger partial charge < -0.3 is 24.4 Å². The first kappa shape index (κ1) is 25.2. The summed E-state index contributed by atoms with van der Waals surface area (Å²) in [6.07, 6.45) is 7.36. The van der Waals surface area contributed by atoms with Crippen LogP contribution in [-0.4, -0.2) is 53.3 Å². The highest BCUT2D eigenvalue weighted by molar-refractivity contribution is 6.32. The molecule has 6 nitrogen and oxygen atoms in total. The van der Waals surface area contributed by atoms with Gasteiger partial charge in [-0.25, -0.2) is 4.79 Å². The van der Waals surface area contributed by atoms with Crippen molar-refractivity contribution in [3.05, 3.63) is 53.1 Å². The van der Waals surface area contributed by atoms with Crippen LogP contribution < -0.4 is 4.74 Å². The minimum Gasteiger partial charge on any atom is -0.477 e. The van der Waals surface area contributed by atoms with E-state index in [1.54, 1.807) is 31.2 Å². The predicted molar refractivity (Wildman–Crippen MR) is 130 cm³/mol. The van der Waals surface area contributed by atoms with Crippen molar-refractivity contribution in [1.29, 1.82) is 0 Å². The number of benzene rings is 1. The molecule has 0 radical (unpaired) electrons. The number of carbonyl (C=O) groups excluding carboxylic acids is 1. The summed E-state index contributed by atoms with van der Waals surface area (Å²) in [6.45, 7) is 4.42. The molecule has 7 heteroatoms. The first-order chi connectivity index (χ1) is 16.3. The van der Waals surface area contributed by atoms with Crippen LogP contribution in [0.2, 0.25) is 5.02 Å². The van der Waals surface area contributed by atoms with Gasteiger partial charge in [0.25, 0.3) is 0 Å². The van der Waals surface area contributed by atoms with Crippen LogP contribution in [0.25, 0.3) is 0 Å². The summed E-state index contributed by atoms with van der Waals surface area (Å²) in [5.41, 5.74) is 1.02. The van der Waals surface area contributed by atoms with Gasteiger partial charge in [0.05, 0.1) is 23.3 Å². The SMILES string of the molecule is CC(Oc1ccccc1Cl)C(=O)O[C@H]1C[C@H](O)C=C2C=C[C@H](C)[C@H](CC[C@@H]3C[C@H](O)CCO3)[C@H]21. The number of ether oxygens (including phenoxy) is 3. The molecular weight excluding hydrogens is 456 g/mol. The van der Waals surface area contributed by atoms with Crippen molar-refractivity contribution >= 4 is 17.6 Å². The number of aliphatic hydroxyl groups is 2. The van der Waals surface area contributed by atoms with Crippen LogP contribution in [0.5, 0.6) is 5.75 Å².